The number of hydrogen-bond donors (Lipinski definition) is 2. The summed E-state index contributed by atoms with van der Waals surface area (Å²) in [5, 5.41) is 0. The molecule has 0 bridgehead atoms. The van der Waals surface area contributed by atoms with Crippen LogP contribution in [0, 0.1) is 27.7 Å². The minimum atomic E-state index is -3.65. The van der Waals surface area contributed by atoms with Crippen molar-refractivity contribution in [1.29, 1.82) is 0 Å². The minimum absolute atomic E-state index is 0.221. The second kappa shape index (κ2) is 5.41. The van der Waals surface area contributed by atoms with Crippen molar-refractivity contribution in [3.63, 3.8) is 0 Å². The summed E-state index contributed by atoms with van der Waals surface area (Å²) in [5.41, 5.74) is 10.4. The summed E-state index contributed by atoms with van der Waals surface area (Å²) in [4.78, 5) is 0.221. The van der Waals surface area contributed by atoms with Crippen LogP contribution in [-0.2, 0) is 10.0 Å². The van der Waals surface area contributed by atoms with Crippen LogP contribution in [0.25, 0.3) is 0 Å². The smallest absolute Gasteiger partial charge is 0.262 e. The summed E-state index contributed by atoms with van der Waals surface area (Å²) < 4.78 is 27.7. The molecule has 3 N–H and O–H groups in total. The van der Waals surface area contributed by atoms with Gasteiger partial charge in [-0.3, -0.25) is 4.72 Å². The van der Waals surface area contributed by atoms with Gasteiger partial charge >= 0.3 is 0 Å². The van der Waals surface area contributed by atoms with Crippen LogP contribution in [0.2, 0.25) is 0 Å². The largest absolute Gasteiger partial charge is 0.398 e. The average Bonchev–Trinajstić information content (AvgIpc) is 2.37. The van der Waals surface area contributed by atoms with E-state index in [9.17, 15) is 8.42 Å². The van der Waals surface area contributed by atoms with Crippen LogP contribution in [0.15, 0.2) is 35.2 Å². The van der Waals surface area contributed by atoms with Crippen molar-refractivity contribution in [2.24, 2.45) is 0 Å². The van der Waals surface area contributed by atoms with Crippen LogP contribution in [0.1, 0.15) is 22.3 Å². The first-order valence-electron chi connectivity index (χ1n) is 6.67. The molecule has 0 amide bonds. The zero-order valence-electron chi connectivity index (χ0n) is 12.7. The van der Waals surface area contributed by atoms with E-state index in [0.717, 1.165) is 16.7 Å². The molecule has 0 spiro atoms. The monoisotopic (exact) mass is 304 g/mol. The van der Waals surface area contributed by atoms with E-state index in [2.05, 4.69) is 4.72 Å². The molecule has 2 aromatic rings. The average molecular weight is 304 g/mol. The Morgan fingerprint density at radius 2 is 1.62 bits per heavy atom. The molecule has 0 fully saturated rings. The first-order valence-corrected chi connectivity index (χ1v) is 8.16. The molecule has 0 aliphatic carbocycles. The van der Waals surface area contributed by atoms with Crippen molar-refractivity contribution in [2.75, 3.05) is 10.5 Å². The van der Waals surface area contributed by atoms with Gasteiger partial charge < -0.3 is 5.73 Å². The quantitative estimate of drug-likeness (QED) is 0.855. The number of nitrogens with one attached hydrogen (secondary N) is 1. The maximum Gasteiger partial charge on any atom is 0.262 e. The molecular formula is C16H20N2O2S. The summed E-state index contributed by atoms with van der Waals surface area (Å²) in [6.07, 6.45) is 0. The first-order chi connectivity index (χ1) is 9.70. The van der Waals surface area contributed by atoms with Gasteiger partial charge in [-0.15, -0.1) is 0 Å². The maximum atomic E-state index is 12.6. The summed E-state index contributed by atoms with van der Waals surface area (Å²) in [6, 6.07) is 8.87. The lowest BCUT2D eigenvalue weighted by atomic mass is 10.1. The van der Waals surface area contributed by atoms with Crippen LogP contribution < -0.4 is 10.5 Å². The summed E-state index contributed by atoms with van der Waals surface area (Å²) in [6.45, 7) is 7.47. The summed E-state index contributed by atoms with van der Waals surface area (Å²) >= 11 is 0. The second-order valence-electron chi connectivity index (χ2n) is 5.38. The Morgan fingerprint density at radius 3 is 2.24 bits per heavy atom. The van der Waals surface area contributed by atoms with Crippen molar-refractivity contribution >= 4 is 21.4 Å². The van der Waals surface area contributed by atoms with E-state index in [1.807, 2.05) is 32.9 Å². The van der Waals surface area contributed by atoms with Crippen LogP contribution in [0.4, 0.5) is 11.4 Å². The Hall–Kier alpha value is -2.01. The molecule has 5 heteroatoms. The number of rotatable bonds is 3. The molecule has 2 aromatic carbocycles. The van der Waals surface area contributed by atoms with Crippen molar-refractivity contribution in [3.05, 3.63) is 52.6 Å². The molecule has 112 valence electrons. The van der Waals surface area contributed by atoms with E-state index in [1.165, 1.54) is 0 Å². The molecule has 2 rings (SSSR count). The summed E-state index contributed by atoms with van der Waals surface area (Å²) in [7, 11) is -3.65. The minimum Gasteiger partial charge on any atom is -0.398 e. The third kappa shape index (κ3) is 3.19. The van der Waals surface area contributed by atoms with Gasteiger partial charge in [0, 0.05) is 11.4 Å². The predicted molar refractivity (Wildman–Crippen MR) is 87.1 cm³/mol. The molecule has 21 heavy (non-hydrogen) atoms. The Labute approximate surface area is 126 Å². The molecule has 4 nitrogen and oxygen atoms in total. The molecule has 0 aliphatic heterocycles. The highest BCUT2D eigenvalue weighted by atomic mass is 32.2. The van der Waals surface area contributed by atoms with Gasteiger partial charge in [-0.25, -0.2) is 8.42 Å². The van der Waals surface area contributed by atoms with Gasteiger partial charge in [0.2, 0.25) is 0 Å². The molecule has 0 aromatic heterocycles. The van der Waals surface area contributed by atoms with E-state index < -0.39 is 10.0 Å². The van der Waals surface area contributed by atoms with Crippen molar-refractivity contribution in [3.8, 4) is 0 Å². The van der Waals surface area contributed by atoms with Crippen LogP contribution >= 0.6 is 0 Å². The highest BCUT2D eigenvalue weighted by molar-refractivity contribution is 7.92. The highest BCUT2D eigenvalue weighted by Crippen LogP contribution is 2.25. The maximum absolute atomic E-state index is 12.6. The molecule has 0 saturated heterocycles. The zero-order valence-corrected chi connectivity index (χ0v) is 13.5. The van der Waals surface area contributed by atoms with Gasteiger partial charge in [0.15, 0.2) is 0 Å². The van der Waals surface area contributed by atoms with Crippen molar-refractivity contribution < 1.29 is 8.42 Å². The standard InChI is InChI=1S/C16H20N2O2S/c1-10-7-15(17)13(4)16(8-10)21(19,20)18-14-6-5-11(2)12(3)9-14/h5-9,18H,17H2,1-4H3. The molecule has 0 atom stereocenters. The fourth-order valence-electron chi connectivity index (χ4n) is 2.15. The van der Waals surface area contributed by atoms with Crippen LogP contribution in [0.5, 0.6) is 0 Å². The lowest BCUT2D eigenvalue weighted by Crippen LogP contribution is -2.15. The molecule has 0 unspecified atom stereocenters. The van der Waals surface area contributed by atoms with E-state index in [0.29, 0.717) is 16.9 Å². The number of nitrogen functional groups attached to an aromatic ring is 1. The second-order valence-corrected chi connectivity index (χ2v) is 7.03. The Kier molecular flexibility index (Phi) is 3.96. The van der Waals surface area contributed by atoms with E-state index in [4.69, 9.17) is 5.73 Å². The third-order valence-electron chi connectivity index (χ3n) is 3.59. The first kappa shape index (κ1) is 15.4. The Balaban J connectivity index is 2.45. The number of sulfonamides is 1. The van der Waals surface area contributed by atoms with Gasteiger partial charge in [0.25, 0.3) is 10.0 Å². The van der Waals surface area contributed by atoms with Crippen molar-refractivity contribution in [2.45, 2.75) is 32.6 Å². The topological polar surface area (TPSA) is 72.2 Å². The third-order valence-corrected chi connectivity index (χ3v) is 5.10. The van der Waals surface area contributed by atoms with Crippen molar-refractivity contribution in [1.82, 2.24) is 0 Å². The molecule has 0 heterocycles. The number of nitrogens with two attached hydrogens (primary N) is 1. The fourth-order valence-corrected chi connectivity index (χ4v) is 3.56. The van der Waals surface area contributed by atoms with Gasteiger partial charge in [-0.05, 0) is 74.2 Å². The van der Waals surface area contributed by atoms with Gasteiger partial charge in [-0.1, -0.05) is 6.07 Å². The number of anilines is 2. The SMILES string of the molecule is Cc1cc(N)c(C)c(S(=O)(=O)Nc2ccc(C)c(C)c2)c1. The number of benzene rings is 2. The van der Waals surface area contributed by atoms with Crippen LogP contribution in [-0.4, -0.2) is 8.42 Å². The Morgan fingerprint density at radius 1 is 0.952 bits per heavy atom. The lowest BCUT2D eigenvalue weighted by Gasteiger charge is -2.13. The number of aryl methyl sites for hydroxylation is 3. The normalized spacial score (nSPS) is 11.4. The summed E-state index contributed by atoms with van der Waals surface area (Å²) in [5.74, 6) is 0. The zero-order chi connectivity index (χ0) is 15.8. The number of hydrogen-bond acceptors (Lipinski definition) is 3. The van der Waals surface area contributed by atoms with Gasteiger partial charge in [0.05, 0.1) is 4.90 Å². The van der Waals surface area contributed by atoms with E-state index in [1.54, 1.807) is 25.1 Å². The molecule has 0 saturated carbocycles. The fraction of sp³-hybridized carbons (Fsp3) is 0.250. The lowest BCUT2D eigenvalue weighted by molar-refractivity contribution is 0.600. The van der Waals surface area contributed by atoms with Gasteiger partial charge in [-0.2, -0.15) is 0 Å². The van der Waals surface area contributed by atoms with Gasteiger partial charge in [0.1, 0.15) is 0 Å². The highest BCUT2D eigenvalue weighted by Gasteiger charge is 2.19. The van der Waals surface area contributed by atoms with Crippen LogP contribution in [0.3, 0.4) is 0 Å². The van der Waals surface area contributed by atoms with E-state index >= 15 is 0 Å². The molecule has 0 radical (unpaired) electrons. The Bertz CT molecular complexity index is 796. The molecule has 0 aliphatic rings. The predicted octanol–water partition coefficient (Wildman–Crippen LogP) is 3.30. The molecular weight excluding hydrogens is 284 g/mol. The van der Waals surface area contributed by atoms with E-state index in [-0.39, 0.29) is 4.90 Å².